The molecule has 0 spiro atoms. The van der Waals surface area contributed by atoms with E-state index < -0.39 is 0 Å². The van der Waals surface area contributed by atoms with Crippen LogP contribution in [0.5, 0.6) is 0 Å². The summed E-state index contributed by atoms with van der Waals surface area (Å²) in [6.07, 6.45) is 4.86. The zero-order valence-corrected chi connectivity index (χ0v) is 11.0. The van der Waals surface area contributed by atoms with E-state index in [0.29, 0.717) is 6.04 Å². The molecule has 7 nitrogen and oxygen atoms in total. The summed E-state index contributed by atoms with van der Waals surface area (Å²) in [4.78, 5) is 13.7. The van der Waals surface area contributed by atoms with Crippen LogP contribution in [0.3, 0.4) is 0 Å². The summed E-state index contributed by atoms with van der Waals surface area (Å²) in [5.41, 5.74) is 5.44. The van der Waals surface area contributed by atoms with Gasteiger partial charge in [0.15, 0.2) is 0 Å². The second-order valence-corrected chi connectivity index (χ2v) is 5.40. The highest BCUT2D eigenvalue weighted by molar-refractivity contribution is 5.79. The summed E-state index contributed by atoms with van der Waals surface area (Å²) in [6.45, 7) is 3.55. The number of nitrogens with two attached hydrogens (primary N) is 1. The quantitative estimate of drug-likeness (QED) is 0.694. The van der Waals surface area contributed by atoms with Gasteiger partial charge in [0.25, 0.3) is 0 Å². The van der Waals surface area contributed by atoms with Crippen LogP contribution < -0.4 is 11.1 Å². The molecule has 104 valence electrons. The van der Waals surface area contributed by atoms with Crippen molar-refractivity contribution in [1.82, 2.24) is 25.0 Å². The van der Waals surface area contributed by atoms with Crippen LogP contribution >= 0.6 is 0 Å². The molecule has 1 aromatic rings. The Labute approximate surface area is 112 Å². The summed E-state index contributed by atoms with van der Waals surface area (Å²) < 4.78 is 2.07. The maximum absolute atomic E-state index is 11.4. The van der Waals surface area contributed by atoms with Crippen LogP contribution in [0, 0.1) is 0 Å². The number of hydrogen-bond acceptors (Lipinski definition) is 5. The summed E-state index contributed by atoms with van der Waals surface area (Å²) in [5, 5.41) is 11.3. The molecule has 1 atom stereocenters. The Bertz CT molecular complexity index is 455. The molecule has 1 fully saturated rings. The first-order valence-electron chi connectivity index (χ1n) is 6.87. The molecule has 2 heterocycles. The monoisotopic (exact) mass is 264 g/mol. The number of aromatic nitrogens is 3. The van der Waals surface area contributed by atoms with Crippen molar-refractivity contribution in [2.24, 2.45) is 5.73 Å². The van der Waals surface area contributed by atoms with Crippen LogP contribution in [0.2, 0.25) is 0 Å². The number of primary amides is 1. The SMILES string of the molecule is NC(=O)C(CCN1CCn2cnnc2C1)NC1CC1. The summed E-state index contributed by atoms with van der Waals surface area (Å²) in [6, 6.07) is 0.300. The van der Waals surface area contributed by atoms with E-state index in [2.05, 4.69) is 25.0 Å². The number of hydrogen-bond donors (Lipinski definition) is 2. The summed E-state index contributed by atoms with van der Waals surface area (Å²) >= 11 is 0. The van der Waals surface area contributed by atoms with E-state index in [1.165, 1.54) is 0 Å². The molecular weight excluding hydrogens is 244 g/mol. The molecule has 2 aliphatic rings. The van der Waals surface area contributed by atoms with Crippen molar-refractivity contribution < 1.29 is 4.79 Å². The molecule has 1 amide bonds. The van der Waals surface area contributed by atoms with E-state index in [0.717, 1.165) is 51.3 Å². The molecule has 0 bridgehead atoms. The van der Waals surface area contributed by atoms with Crippen molar-refractivity contribution in [3.8, 4) is 0 Å². The van der Waals surface area contributed by atoms with E-state index in [4.69, 9.17) is 5.73 Å². The topological polar surface area (TPSA) is 89.1 Å². The lowest BCUT2D eigenvalue weighted by molar-refractivity contribution is -0.120. The molecule has 3 rings (SSSR count). The van der Waals surface area contributed by atoms with Gasteiger partial charge in [0.05, 0.1) is 12.6 Å². The van der Waals surface area contributed by atoms with Gasteiger partial charge in [-0.15, -0.1) is 10.2 Å². The molecule has 1 aliphatic carbocycles. The van der Waals surface area contributed by atoms with E-state index in [9.17, 15) is 4.79 Å². The van der Waals surface area contributed by atoms with Gasteiger partial charge in [0, 0.05) is 25.7 Å². The second kappa shape index (κ2) is 5.26. The van der Waals surface area contributed by atoms with E-state index in [1.54, 1.807) is 6.33 Å². The van der Waals surface area contributed by atoms with Crippen molar-refractivity contribution in [2.45, 2.75) is 44.4 Å². The predicted molar refractivity (Wildman–Crippen MR) is 69.1 cm³/mol. The highest BCUT2D eigenvalue weighted by Gasteiger charge is 2.27. The maximum Gasteiger partial charge on any atom is 0.234 e. The number of carbonyl (C=O) groups excluding carboxylic acids is 1. The highest BCUT2D eigenvalue weighted by Crippen LogP contribution is 2.20. The van der Waals surface area contributed by atoms with Crippen LogP contribution in [0.1, 0.15) is 25.1 Å². The van der Waals surface area contributed by atoms with Crippen molar-refractivity contribution in [3.05, 3.63) is 12.2 Å². The van der Waals surface area contributed by atoms with Gasteiger partial charge < -0.3 is 15.6 Å². The molecule has 0 saturated heterocycles. The molecule has 1 aromatic heterocycles. The van der Waals surface area contributed by atoms with Gasteiger partial charge in [0.2, 0.25) is 5.91 Å². The van der Waals surface area contributed by atoms with Crippen molar-refractivity contribution in [3.63, 3.8) is 0 Å². The first-order chi connectivity index (χ1) is 9.22. The number of rotatable bonds is 6. The number of carbonyl (C=O) groups is 1. The Morgan fingerprint density at radius 1 is 1.53 bits per heavy atom. The molecule has 19 heavy (non-hydrogen) atoms. The van der Waals surface area contributed by atoms with Gasteiger partial charge >= 0.3 is 0 Å². The fourth-order valence-electron chi connectivity index (χ4n) is 2.46. The van der Waals surface area contributed by atoms with Crippen LogP contribution in [-0.2, 0) is 17.9 Å². The Kier molecular flexibility index (Phi) is 3.48. The first kappa shape index (κ1) is 12.6. The standard InChI is InChI=1S/C12H20N6O/c13-12(19)10(15-9-1-2-9)3-4-17-5-6-18-8-14-16-11(18)7-17/h8-10,15H,1-7H2,(H2,13,19). The number of fused-ring (bicyclic) bond motifs is 1. The van der Waals surface area contributed by atoms with Gasteiger partial charge in [-0.1, -0.05) is 0 Å². The van der Waals surface area contributed by atoms with Crippen molar-refractivity contribution in [2.75, 3.05) is 13.1 Å². The lowest BCUT2D eigenvalue weighted by Gasteiger charge is -2.28. The third-order valence-electron chi connectivity index (χ3n) is 3.81. The van der Waals surface area contributed by atoms with Gasteiger partial charge in [0.1, 0.15) is 12.2 Å². The number of nitrogens with zero attached hydrogens (tertiary/aromatic N) is 4. The second-order valence-electron chi connectivity index (χ2n) is 5.40. The third kappa shape index (κ3) is 3.10. The minimum Gasteiger partial charge on any atom is -0.368 e. The minimum atomic E-state index is -0.243. The Balaban J connectivity index is 1.50. The lowest BCUT2D eigenvalue weighted by atomic mass is 10.1. The van der Waals surface area contributed by atoms with Crippen LogP contribution in [0.25, 0.3) is 0 Å². The number of nitrogens with one attached hydrogen (secondary N) is 1. The molecule has 1 unspecified atom stereocenters. The minimum absolute atomic E-state index is 0.202. The Morgan fingerprint density at radius 3 is 3.11 bits per heavy atom. The predicted octanol–water partition coefficient (Wildman–Crippen LogP) is -0.910. The third-order valence-corrected chi connectivity index (χ3v) is 3.81. The average Bonchev–Trinajstić information content (AvgIpc) is 3.09. The zero-order valence-electron chi connectivity index (χ0n) is 11.0. The number of amides is 1. The van der Waals surface area contributed by atoms with E-state index in [1.807, 2.05) is 0 Å². The van der Waals surface area contributed by atoms with Gasteiger partial charge in [-0.3, -0.25) is 9.69 Å². The molecule has 1 aliphatic heterocycles. The molecular formula is C12H20N6O. The first-order valence-corrected chi connectivity index (χ1v) is 6.87. The lowest BCUT2D eigenvalue weighted by Crippen LogP contribution is -2.45. The van der Waals surface area contributed by atoms with E-state index in [-0.39, 0.29) is 11.9 Å². The van der Waals surface area contributed by atoms with Gasteiger partial charge in [-0.25, -0.2) is 0 Å². The highest BCUT2D eigenvalue weighted by atomic mass is 16.1. The Morgan fingerprint density at radius 2 is 2.37 bits per heavy atom. The van der Waals surface area contributed by atoms with Crippen molar-refractivity contribution in [1.29, 1.82) is 0 Å². The molecule has 7 heteroatoms. The van der Waals surface area contributed by atoms with Gasteiger partial charge in [-0.2, -0.15) is 0 Å². The summed E-state index contributed by atoms with van der Waals surface area (Å²) in [5.74, 6) is 0.754. The average molecular weight is 264 g/mol. The van der Waals surface area contributed by atoms with Crippen molar-refractivity contribution >= 4 is 5.91 Å². The molecule has 1 saturated carbocycles. The van der Waals surface area contributed by atoms with E-state index >= 15 is 0 Å². The fourth-order valence-corrected chi connectivity index (χ4v) is 2.46. The van der Waals surface area contributed by atoms with Crippen LogP contribution in [-0.4, -0.2) is 50.7 Å². The summed E-state index contributed by atoms with van der Waals surface area (Å²) in [7, 11) is 0. The van der Waals surface area contributed by atoms with Gasteiger partial charge in [-0.05, 0) is 19.3 Å². The maximum atomic E-state index is 11.4. The Hall–Kier alpha value is -1.47. The van der Waals surface area contributed by atoms with Crippen LogP contribution in [0.4, 0.5) is 0 Å². The zero-order chi connectivity index (χ0) is 13.2. The molecule has 3 N–H and O–H groups in total. The normalized spacial score (nSPS) is 21.1. The van der Waals surface area contributed by atoms with Crippen LogP contribution in [0.15, 0.2) is 6.33 Å². The molecule has 0 radical (unpaired) electrons. The fraction of sp³-hybridized carbons (Fsp3) is 0.750. The smallest absolute Gasteiger partial charge is 0.234 e. The molecule has 0 aromatic carbocycles. The largest absolute Gasteiger partial charge is 0.368 e.